The predicted molar refractivity (Wildman–Crippen MR) is 137 cm³/mol. The van der Waals surface area contributed by atoms with Gasteiger partial charge in [0.25, 0.3) is 5.91 Å². The van der Waals surface area contributed by atoms with E-state index < -0.39 is 0 Å². The highest BCUT2D eigenvalue weighted by molar-refractivity contribution is 6.09. The highest BCUT2D eigenvalue weighted by Crippen LogP contribution is 2.20. The quantitative estimate of drug-likeness (QED) is 0.490. The van der Waals surface area contributed by atoms with E-state index in [1.165, 1.54) is 0 Å². The summed E-state index contributed by atoms with van der Waals surface area (Å²) in [6.45, 7) is 9.24. The fourth-order valence-electron chi connectivity index (χ4n) is 4.13. The maximum atomic E-state index is 12.9. The first-order valence-corrected chi connectivity index (χ1v) is 11.8. The molecule has 1 N–H and O–H groups in total. The molecule has 1 heterocycles. The van der Waals surface area contributed by atoms with Crippen LogP contribution in [-0.4, -0.2) is 51.1 Å². The Hall–Kier alpha value is -3.64. The van der Waals surface area contributed by atoms with Crippen molar-refractivity contribution in [3.05, 3.63) is 89.5 Å². The summed E-state index contributed by atoms with van der Waals surface area (Å²) in [6.07, 6.45) is 0. The highest BCUT2D eigenvalue weighted by atomic mass is 16.5. The Balaban J connectivity index is 1.37. The number of nitrogens with one attached hydrogen (secondary N) is 1. The molecule has 6 heteroatoms. The van der Waals surface area contributed by atoms with Gasteiger partial charge in [0.2, 0.25) is 0 Å². The Bertz CT molecular complexity index is 1100. The highest BCUT2D eigenvalue weighted by Gasteiger charge is 2.14. The van der Waals surface area contributed by atoms with E-state index in [1.54, 1.807) is 24.3 Å². The molecule has 4 rings (SSSR count). The van der Waals surface area contributed by atoms with E-state index >= 15 is 0 Å². The van der Waals surface area contributed by atoms with Crippen LogP contribution in [0.3, 0.4) is 0 Å². The van der Waals surface area contributed by atoms with Crippen LogP contribution < -0.4 is 15.1 Å². The monoisotopic (exact) mass is 457 g/mol. The van der Waals surface area contributed by atoms with Crippen LogP contribution >= 0.6 is 0 Å². The van der Waals surface area contributed by atoms with E-state index in [-0.39, 0.29) is 11.7 Å². The smallest absolute Gasteiger partial charge is 0.255 e. The van der Waals surface area contributed by atoms with Crippen molar-refractivity contribution >= 4 is 28.8 Å². The van der Waals surface area contributed by atoms with Crippen molar-refractivity contribution in [2.75, 3.05) is 54.5 Å². The lowest BCUT2D eigenvalue weighted by molar-refractivity contribution is 0.102. The van der Waals surface area contributed by atoms with Crippen molar-refractivity contribution < 1.29 is 14.3 Å². The number of ketones is 1. The molecule has 0 aromatic heterocycles. The van der Waals surface area contributed by atoms with Crippen molar-refractivity contribution in [3.8, 4) is 0 Å². The fourth-order valence-corrected chi connectivity index (χ4v) is 4.13. The minimum absolute atomic E-state index is 0.0392. The number of rotatable bonds is 8. The van der Waals surface area contributed by atoms with E-state index in [2.05, 4.69) is 29.0 Å². The van der Waals surface area contributed by atoms with E-state index in [9.17, 15) is 9.59 Å². The summed E-state index contributed by atoms with van der Waals surface area (Å²) in [5.74, 6) is -0.220. The molecule has 1 fully saturated rings. The van der Waals surface area contributed by atoms with Crippen molar-refractivity contribution in [1.29, 1.82) is 0 Å². The first kappa shape index (κ1) is 23.5. The van der Waals surface area contributed by atoms with Crippen LogP contribution in [0.5, 0.6) is 0 Å². The van der Waals surface area contributed by atoms with Gasteiger partial charge in [-0.2, -0.15) is 0 Å². The maximum Gasteiger partial charge on any atom is 0.255 e. The molecule has 6 nitrogen and oxygen atoms in total. The zero-order valence-electron chi connectivity index (χ0n) is 19.8. The average Bonchev–Trinajstić information content (AvgIpc) is 2.90. The van der Waals surface area contributed by atoms with Gasteiger partial charge in [-0.3, -0.25) is 9.59 Å². The summed E-state index contributed by atoms with van der Waals surface area (Å²) in [5.41, 5.74) is 4.67. The summed E-state index contributed by atoms with van der Waals surface area (Å²) >= 11 is 0. The summed E-state index contributed by atoms with van der Waals surface area (Å²) in [6, 6.07) is 22.3. The second kappa shape index (κ2) is 11.0. The molecule has 1 amide bonds. The van der Waals surface area contributed by atoms with E-state index in [0.29, 0.717) is 22.4 Å². The molecule has 1 saturated heterocycles. The molecule has 3 aromatic carbocycles. The van der Waals surface area contributed by atoms with E-state index in [0.717, 1.165) is 50.8 Å². The third kappa shape index (κ3) is 5.46. The molecule has 34 heavy (non-hydrogen) atoms. The molecule has 1 aliphatic rings. The molecule has 0 atom stereocenters. The number of hydrogen-bond acceptors (Lipinski definition) is 5. The Kier molecular flexibility index (Phi) is 7.60. The van der Waals surface area contributed by atoms with E-state index in [4.69, 9.17) is 4.74 Å². The lowest BCUT2D eigenvalue weighted by Gasteiger charge is -2.28. The van der Waals surface area contributed by atoms with Crippen LogP contribution in [0.25, 0.3) is 0 Å². The van der Waals surface area contributed by atoms with Gasteiger partial charge in [-0.05, 0) is 86.6 Å². The van der Waals surface area contributed by atoms with Crippen LogP contribution in [0.1, 0.15) is 40.1 Å². The molecule has 1 aliphatic heterocycles. The number of anilines is 3. The van der Waals surface area contributed by atoms with Gasteiger partial charge in [-0.25, -0.2) is 0 Å². The van der Waals surface area contributed by atoms with Gasteiger partial charge in [-0.1, -0.05) is 0 Å². The third-order valence-electron chi connectivity index (χ3n) is 6.17. The van der Waals surface area contributed by atoms with Crippen molar-refractivity contribution in [3.63, 3.8) is 0 Å². The van der Waals surface area contributed by atoms with Gasteiger partial charge < -0.3 is 19.9 Å². The van der Waals surface area contributed by atoms with Crippen molar-refractivity contribution in [2.24, 2.45) is 0 Å². The van der Waals surface area contributed by atoms with Gasteiger partial charge in [-0.15, -0.1) is 0 Å². The minimum atomic E-state index is -0.181. The summed E-state index contributed by atoms with van der Waals surface area (Å²) in [5, 5.41) is 2.91. The molecular formula is C28H31N3O3. The fraction of sp³-hybridized carbons (Fsp3) is 0.286. The predicted octanol–water partition coefficient (Wildman–Crippen LogP) is 4.85. The Morgan fingerprint density at radius 2 is 1.32 bits per heavy atom. The Morgan fingerprint density at radius 1 is 0.794 bits per heavy atom. The normalized spacial score (nSPS) is 13.4. The first-order chi connectivity index (χ1) is 16.6. The molecule has 0 saturated carbocycles. The van der Waals surface area contributed by atoms with Crippen molar-refractivity contribution in [1.82, 2.24) is 0 Å². The number of morpholine rings is 1. The molecule has 3 aromatic rings. The molecule has 0 unspecified atom stereocenters. The number of carbonyl (C=O) groups excluding carboxylic acids is 2. The van der Waals surface area contributed by atoms with Crippen LogP contribution in [0.4, 0.5) is 17.1 Å². The zero-order chi connectivity index (χ0) is 23.9. The van der Waals surface area contributed by atoms with Gasteiger partial charge in [0.15, 0.2) is 5.78 Å². The van der Waals surface area contributed by atoms with Gasteiger partial charge in [0.05, 0.1) is 13.2 Å². The number of amides is 1. The zero-order valence-corrected chi connectivity index (χ0v) is 19.8. The molecule has 0 radical (unpaired) electrons. The lowest BCUT2D eigenvalue weighted by atomic mass is 10.0. The molecule has 176 valence electrons. The first-order valence-electron chi connectivity index (χ1n) is 11.8. The second-order valence-electron chi connectivity index (χ2n) is 8.23. The van der Waals surface area contributed by atoms with Crippen molar-refractivity contribution in [2.45, 2.75) is 13.8 Å². The number of carbonyl (C=O) groups is 2. The molecule has 0 spiro atoms. The second-order valence-corrected chi connectivity index (χ2v) is 8.23. The topological polar surface area (TPSA) is 61.9 Å². The lowest BCUT2D eigenvalue weighted by Crippen LogP contribution is -2.36. The Labute approximate surface area is 201 Å². The van der Waals surface area contributed by atoms with E-state index in [1.807, 2.05) is 48.5 Å². The standard InChI is InChI=1S/C28H31N3O3/c1-3-30(4-2)25-13-7-22(8-14-25)27(32)21-5-11-24(12-6-21)29-28(33)23-9-15-26(16-10-23)31-17-19-34-20-18-31/h5-16H,3-4,17-20H2,1-2H3,(H,29,33). The summed E-state index contributed by atoms with van der Waals surface area (Å²) in [4.78, 5) is 30.0. The number of ether oxygens (including phenoxy) is 1. The minimum Gasteiger partial charge on any atom is -0.378 e. The van der Waals surface area contributed by atoms with Gasteiger partial charge in [0.1, 0.15) is 0 Å². The van der Waals surface area contributed by atoms with Crippen LogP contribution in [0.15, 0.2) is 72.8 Å². The largest absolute Gasteiger partial charge is 0.378 e. The maximum absolute atomic E-state index is 12.9. The average molecular weight is 458 g/mol. The SMILES string of the molecule is CCN(CC)c1ccc(C(=O)c2ccc(NC(=O)c3ccc(N4CCOCC4)cc3)cc2)cc1. The number of nitrogens with zero attached hydrogens (tertiary/aromatic N) is 2. The van der Waals surface area contributed by atoms with Crippen LogP contribution in [0.2, 0.25) is 0 Å². The van der Waals surface area contributed by atoms with Gasteiger partial charge in [0, 0.05) is 59.9 Å². The summed E-state index contributed by atoms with van der Waals surface area (Å²) in [7, 11) is 0. The van der Waals surface area contributed by atoms with Crippen LogP contribution in [-0.2, 0) is 4.74 Å². The third-order valence-corrected chi connectivity index (χ3v) is 6.17. The molecule has 0 bridgehead atoms. The molecule has 0 aliphatic carbocycles. The summed E-state index contributed by atoms with van der Waals surface area (Å²) < 4.78 is 5.39. The number of benzene rings is 3. The Morgan fingerprint density at radius 3 is 1.88 bits per heavy atom. The number of hydrogen-bond donors (Lipinski definition) is 1. The van der Waals surface area contributed by atoms with Crippen LogP contribution in [0, 0.1) is 0 Å². The van der Waals surface area contributed by atoms with Gasteiger partial charge >= 0.3 is 0 Å². The molecular weight excluding hydrogens is 426 g/mol.